The topological polar surface area (TPSA) is 108 Å². The third-order valence-electron chi connectivity index (χ3n) is 4.71. The molecule has 0 bridgehead atoms. The van der Waals surface area contributed by atoms with Gasteiger partial charge in [0.05, 0.1) is 0 Å². The maximum absolute atomic E-state index is 14.3. The zero-order valence-corrected chi connectivity index (χ0v) is 14.8. The molecule has 1 aromatic carbocycles. The van der Waals surface area contributed by atoms with Crippen molar-refractivity contribution in [1.29, 1.82) is 0 Å². The predicted molar refractivity (Wildman–Crippen MR) is 93.9 cm³/mol. The van der Waals surface area contributed by atoms with E-state index in [1.54, 1.807) is 0 Å². The van der Waals surface area contributed by atoms with Gasteiger partial charge in [-0.2, -0.15) is 4.68 Å². The normalized spacial score (nSPS) is 18.8. The number of carbonyl (C=O) groups is 1. The second-order valence-corrected chi connectivity index (χ2v) is 6.61. The molecule has 8 nitrogen and oxygen atoms in total. The molecule has 0 unspecified atom stereocenters. The van der Waals surface area contributed by atoms with E-state index >= 15 is 0 Å². The minimum atomic E-state index is -0.971. The van der Waals surface area contributed by atoms with Gasteiger partial charge in [-0.3, -0.25) is 4.79 Å². The number of halogens is 2. The Morgan fingerprint density at radius 3 is 2.77 bits per heavy atom. The molecular weight excluding hydrogens is 363 g/mol. The number of hydrogen-bond acceptors (Lipinski definition) is 6. The van der Waals surface area contributed by atoms with Crippen LogP contribution in [0.1, 0.15) is 37.4 Å². The van der Waals surface area contributed by atoms with Crippen molar-refractivity contribution in [3.63, 3.8) is 0 Å². The number of hydrogen-bond donors (Lipinski definition) is 2. The number of amides is 1. The summed E-state index contributed by atoms with van der Waals surface area (Å²) in [6.45, 7) is 0.905. The lowest BCUT2D eigenvalue weighted by Crippen LogP contribution is -2.54. The summed E-state index contributed by atoms with van der Waals surface area (Å²) in [4.78, 5) is 12.5. The van der Waals surface area contributed by atoms with Crippen molar-refractivity contribution in [1.82, 2.24) is 20.2 Å². The number of nitrogens with zero attached hydrogens (tertiary/aromatic N) is 4. The van der Waals surface area contributed by atoms with E-state index in [-0.39, 0.29) is 29.9 Å². The summed E-state index contributed by atoms with van der Waals surface area (Å²) in [5.74, 6) is 0.150. The van der Waals surface area contributed by atoms with Crippen LogP contribution in [0.2, 0.25) is 0 Å². The average Bonchev–Trinajstić information content (AvgIpc) is 3.34. The Bertz CT molecular complexity index is 804. The number of nitrogens with one attached hydrogen (secondary N) is 1. The molecule has 1 aliphatic carbocycles. The quantitative estimate of drug-likeness (QED) is 0.830. The van der Waals surface area contributed by atoms with Crippen LogP contribution in [-0.2, 0) is 9.53 Å². The molecule has 1 amide bonds. The van der Waals surface area contributed by atoms with Crippen molar-refractivity contribution in [3.8, 4) is 5.69 Å². The van der Waals surface area contributed by atoms with Gasteiger partial charge in [0.15, 0.2) is 5.82 Å². The molecule has 1 saturated carbocycles. The molecule has 0 spiro atoms. The SMILES string of the molecule is Cl.NC1(C(=O)Nc2ccc(F)c(-n3nnnc3C3CC3)c2)CCOCC1. The summed E-state index contributed by atoms with van der Waals surface area (Å²) in [5.41, 5.74) is 5.87. The van der Waals surface area contributed by atoms with E-state index in [9.17, 15) is 9.18 Å². The summed E-state index contributed by atoms with van der Waals surface area (Å²) < 4.78 is 20.9. The number of rotatable bonds is 4. The Balaban J connectivity index is 0.00000196. The van der Waals surface area contributed by atoms with E-state index in [4.69, 9.17) is 10.5 Å². The van der Waals surface area contributed by atoms with E-state index in [1.807, 2.05) is 0 Å². The molecule has 0 radical (unpaired) electrons. The van der Waals surface area contributed by atoms with Gasteiger partial charge in [-0.05, 0) is 54.3 Å². The lowest BCUT2D eigenvalue weighted by atomic mass is 9.90. The zero-order chi connectivity index (χ0) is 17.4. The summed E-state index contributed by atoms with van der Waals surface area (Å²) in [7, 11) is 0. The van der Waals surface area contributed by atoms with Crippen molar-refractivity contribution in [2.24, 2.45) is 5.73 Å². The van der Waals surface area contributed by atoms with E-state index in [1.165, 1.54) is 22.9 Å². The van der Waals surface area contributed by atoms with Gasteiger partial charge < -0.3 is 15.8 Å². The number of benzene rings is 1. The van der Waals surface area contributed by atoms with E-state index < -0.39 is 11.4 Å². The third kappa shape index (κ3) is 3.55. The van der Waals surface area contributed by atoms with E-state index in [0.29, 0.717) is 37.6 Å². The highest BCUT2D eigenvalue weighted by molar-refractivity contribution is 5.98. The minimum absolute atomic E-state index is 0. The molecular formula is C16H20ClFN6O2. The van der Waals surface area contributed by atoms with Gasteiger partial charge in [-0.15, -0.1) is 17.5 Å². The summed E-state index contributed by atoms with van der Waals surface area (Å²) in [6, 6.07) is 4.31. The second-order valence-electron chi connectivity index (χ2n) is 6.61. The highest BCUT2D eigenvalue weighted by atomic mass is 35.5. The molecule has 10 heteroatoms. The number of aromatic nitrogens is 4. The molecule has 2 aromatic rings. The van der Waals surface area contributed by atoms with Gasteiger partial charge in [0.1, 0.15) is 17.0 Å². The van der Waals surface area contributed by atoms with E-state index in [2.05, 4.69) is 20.8 Å². The highest BCUT2D eigenvalue weighted by Gasteiger charge is 2.36. The molecule has 4 rings (SSSR count). The van der Waals surface area contributed by atoms with Gasteiger partial charge in [-0.1, -0.05) is 0 Å². The van der Waals surface area contributed by atoms with Crippen molar-refractivity contribution >= 4 is 24.0 Å². The Morgan fingerprint density at radius 2 is 2.08 bits per heavy atom. The van der Waals surface area contributed by atoms with Gasteiger partial charge in [0.25, 0.3) is 0 Å². The van der Waals surface area contributed by atoms with Crippen LogP contribution in [-0.4, -0.2) is 44.9 Å². The van der Waals surface area contributed by atoms with Gasteiger partial charge in [-0.25, -0.2) is 4.39 Å². The molecule has 26 heavy (non-hydrogen) atoms. The summed E-state index contributed by atoms with van der Waals surface area (Å²) in [5, 5.41) is 14.3. The lowest BCUT2D eigenvalue weighted by Gasteiger charge is -2.31. The standard InChI is InChI=1S/C16H19FN6O2.ClH/c17-12-4-3-11(19-15(24)16(18)5-7-25-8-6-16)9-13(12)23-14(10-1-2-10)20-21-22-23;/h3-4,9-10H,1-2,5-8,18H2,(H,19,24);1H. The van der Waals surface area contributed by atoms with Gasteiger partial charge >= 0.3 is 0 Å². The molecule has 1 aromatic heterocycles. The van der Waals surface area contributed by atoms with Crippen LogP contribution in [0.25, 0.3) is 5.69 Å². The number of nitrogens with two attached hydrogens (primary N) is 1. The maximum atomic E-state index is 14.3. The van der Waals surface area contributed by atoms with Crippen LogP contribution >= 0.6 is 12.4 Å². The fourth-order valence-electron chi connectivity index (χ4n) is 2.93. The Morgan fingerprint density at radius 1 is 1.35 bits per heavy atom. The van der Waals surface area contributed by atoms with Crippen molar-refractivity contribution < 1.29 is 13.9 Å². The third-order valence-corrected chi connectivity index (χ3v) is 4.71. The Hall–Kier alpha value is -2.10. The maximum Gasteiger partial charge on any atom is 0.244 e. The summed E-state index contributed by atoms with van der Waals surface area (Å²) in [6.07, 6.45) is 2.89. The number of tetrazole rings is 1. The van der Waals surface area contributed by atoms with Gasteiger partial charge in [0, 0.05) is 24.8 Å². The molecule has 1 saturated heterocycles. The largest absolute Gasteiger partial charge is 0.381 e. The molecule has 3 N–H and O–H groups in total. The molecule has 2 fully saturated rings. The fraction of sp³-hybridized carbons (Fsp3) is 0.500. The molecule has 2 aliphatic rings. The fourth-order valence-corrected chi connectivity index (χ4v) is 2.93. The first-order valence-corrected chi connectivity index (χ1v) is 8.33. The van der Waals surface area contributed by atoms with Crippen LogP contribution in [0.15, 0.2) is 18.2 Å². The van der Waals surface area contributed by atoms with Crippen LogP contribution in [0.3, 0.4) is 0 Å². The first kappa shape index (κ1) is 18.7. The van der Waals surface area contributed by atoms with Crippen LogP contribution in [0, 0.1) is 5.82 Å². The van der Waals surface area contributed by atoms with Crippen LogP contribution in [0.5, 0.6) is 0 Å². The van der Waals surface area contributed by atoms with Crippen LogP contribution < -0.4 is 11.1 Å². The number of anilines is 1. The molecule has 0 atom stereocenters. The molecule has 140 valence electrons. The monoisotopic (exact) mass is 382 g/mol. The van der Waals surface area contributed by atoms with Crippen LogP contribution in [0.4, 0.5) is 10.1 Å². The van der Waals surface area contributed by atoms with Crippen molar-refractivity contribution in [2.75, 3.05) is 18.5 Å². The number of carbonyl (C=O) groups excluding carboxylic acids is 1. The lowest BCUT2D eigenvalue weighted by molar-refractivity contribution is -0.124. The minimum Gasteiger partial charge on any atom is -0.381 e. The smallest absolute Gasteiger partial charge is 0.244 e. The van der Waals surface area contributed by atoms with E-state index in [0.717, 1.165) is 12.8 Å². The summed E-state index contributed by atoms with van der Waals surface area (Å²) >= 11 is 0. The average molecular weight is 383 g/mol. The van der Waals surface area contributed by atoms with Gasteiger partial charge in [0.2, 0.25) is 5.91 Å². The second kappa shape index (κ2) is 7.26. The van der Waals surface area contributed by atoms with Crippen molar-refractivity contribution in [2.45, 2.75) is 37.1 Å². The van der Waals surface area contributed by atoms with Crippen molar-refractivity contribution in [3.05, 3.63) is 29.8 Å². The highest BCUT2D eigenvalue weighted by Crippen LogP contribution is 2.39. The Labute approximate surface area is 155 Å². The first-order valence-electron chi connectivity index (χ1n) is 8.33. The number of ether oxygens (including phenoxy) is 1. The first-order chi connectivity index (χ1) is 12.1. The Kier molecular flexibility index (Phi) is 5.22. The molecule has 1 aliphatic heterocycles. The predicted octanol–water partition coefficient (Wildman–Crippen LogP) is 1.55. The molecule has 2 heterocycles. The zero-order valence-electron chi connectivity index (χ0n) is 14.0.